The van der Waals surface area contributed by atoms with Crippen molar-refractivity contribution in [2.75, 3.05) is 13.7 Å². The van der Waals surface area contributed by atoms with Gasteiger partial charge in [0.05, 0.1) is 14.6 Å². The summed E-state index contributed by atoms with van der Waals surface area (Å²) >= 11 is 7.40. The number of nitrogens with zero attached hydrogens (tertiary/aromatic N) is 1. The van der Waals surface area contributed by atoms with Crippen molar-refractivity contribution in [2.24, 2.45) is 5.41 Å². The average Bonchev–Trinajstić information content (AvgIpc) is 3.12. The molecule has 3 rings (SSSR count). The van der Waals surface area contributed by atoms with Crippen molar-refractivity contribution in [2.45, 2.75) is 25.8 Å². The lowest BCUT2D eigenvalue weighted by atomic mass is 10.0. The number of hydrogen-bond acceptors (Lipinski definition) is 2. The molecule has 0 radical (unpaired) electrons. The first-order chi connectivity index (χ1) is 9.54. The minimum atomic E-state index is -0.192. The molecule has 2 aromatic rings. The van der Waals surface area contributed by atoms with E-state index in [-0.39, 0.29) is 11.2 Å². The maximum atomic E-state index is 13.8. The molecule has 0 unspecified atom stereocenters. The van der Waals surface area contributed by atoms with E-state index in [0.29, 0.717) is 8.34 Å². The predicted molar refractivity (Wildman–Crippen MR) is 88.0 cm³/mol. The van der Waals surface area contributed by atoms with Crippen molar-refractivity contribution in [3.8, 4) is 0 Å². The van der Waals surface area contributed by atoms with E-state index in [4.69, 9.17) is 17.0 Å². The Hall–Kier alpha value is -0.470. The summed E-state index contributed by atoms with van der Waals surface area (Å²) in [5.41, 5.74) is 2.04. The molecule has 1 fully saturated rings. The van der Waals surface area contributed by atoms with E-state index in [9.17, 15) is 4.39 Å². The highest BCUT2D eigenvalue weighted by Gasteiger charge is 2.42. The van der Waals surface area contributed by atoms with Gasteiger partial charge in [0, 0.05) is 26.3 Å². The first-order valence-electron chi connectivity index (χ1n) is 6.61. The van der Waals surface area contributed by atoms with E-state index in [1.54, 1.807) is 13.2 Å². The Balaban J connectivity index is 1.97. The lowest BCUT2D eigenvalue weighted by molar-refractivity contribution is 0.167. The Kier molecular flexibility index (Phi) is 3.89. The van der Waals surface area contributed by atoms with Gasteiger partial charge in [0.15, 0.2) is 4.77 Å². The van der Waals surface area contributed by atoms with Gasteiger partial charge in [-0.1, -0.05) is 0 Å². The van der Waals surface area contributed by atoms with Crippen molar-refractivity contribution < 1.29 is 9.13 Å². The number of aromatic amines is 1. The number of H-pyrrole nitrogens is 1. The number of halogens is 2. The van der Waals surface area contributed by atoms with E-state index < -0.39 is 0 Å². The molecule has 1 aliphatic rings. The summed E-state index contributed by atoms with van der Waals surface area (Å²) in [5, 5.41) is 0. The maximum absolute atomic E-state index is 13.8. The van der Waals surface area contributed by atoms with Crippen LogP contribution in [-0.4, -0.2) is 23.3 Å². The monoisotopic (exact) mass is 406 g/mol. The first kappa shape index (κ1) is 14.5. The van der Waals surface area contributed by atoms with Crippen LogP contribution in [0.2, 0.25) is 0 Å². The number of aromatic nitrogens is 2. The van der Waals surface area contributed by atoms with Gasteiger partial charge in [-0.05, 0) is 65.6 Å². The van der Waals surface area contributed by atoms with Crippen LogP contribution in [0, 0.1) is 19.6 Å². The van der Waals surface area contributed by atoms with Crippen molar-refractivity contribution in [3.63, 3.8) is 0 Å². The molecule has 0 spiro atoms. The van der Waals surface area contributed by atoms with Gasteiger partial charge in [0.1, 0.15) is 5.82 Å². The van der Waals surface area contributed by atoms with Gasteiger partial charge >= 0.3 is 0 Å². The summed E-state index contributed by atoms with van der Waals surface area (Å²) in [6.07, 6.45) is 3.42. The molecule has 0 bridgehead atoms. The van der Waals surface area contributed by atoms with Crippen LogP contribution in [-0.2, 0) is 11.3 Å². The fourth-order valence-corrected chi connectivity index (χ4v) is 3.37. The SMILES string of the molecule is COCCC1(Cn2c(=S)[nH]c3cc(I)c(F)cc32)CC1. The van der Waals surface area contributed by atoms with Crippen molar-refractivity contribution in [1.82, 2.24) is 9.55 Å². The number of ether oxygens (including phenoxy) is 1. The second-order valence-corrected chi connectivity index (χ2v) is 7.09. The molecule has 1 aromatic heterocycles. The summed E-state index contributed by atoms with van der Waals surface area (Å²) in [5.74, 6) is -0.192. The molecule has 0 aliphatic heterocycles. The third kappa shape index (κ3) is 2.65. The molecule has 1 N–H and O–H groups in total. The highest BCUT2D eigenvalue weighted by Crippen LogP contribution is 2.50. The first-order valence-corrected chi connectivity index (χ1v) is 8.10. The number of fused-ring (bicyclic) bond motifs is 1. The quantitative estimate of drug-likeness (QED) is 0.594. The average molecular weight is 406 g/mol. The van der Waals surface area contributed by atoms with Crippen LogP contribution in [0.25, 0.3) is 11.0 Å². The standard InChI is InChI=1S/C14H16FIN2OS/c1-19-5-4-14(2-3-14)8-18-12-6-9(15)10(16)7-11(12)17-13(18)20/h6-7H,2-5,8H2,1H3,(H,17,20). The molecule has 1 saturated carbocycles. The molecule has 20 heavy (non-hydrogen) atoms. The molecular formula is C14H16FIN2OS. The molecule has 1 aromatic carbocycles. The molecule has 0 atom stereocenters. The number of benzene rings is 1. The molecule has 1 heterocycles. The Labute approximate surface area is 135 Å². The lowest BCUT2D eigenvalue weighted by Gasteiger charge is -2.16. The third-order valence-corrected chi connectivity index (χ3v) is 5.25. The fraction of sp³-hybridized carbons (Fsp3) is 0.500. The second-order valence-electron chi connectivity index (χ2n) is 5.54. The minimum Gasteiger partial charge on any atom is -0.385 e. The zero-order valence-corrected chi connectivity index (χ0v) is 14.2. The van der Waals surface area contributed by atoms with Crippen LogP contribution in [0.5, 0.6) is 0 Å². The number of rotatable bonds is 5. The number of hydrogen-bond donors (Lipinski definition) is 1. The lowest BCUT2D eigenvalue weighted by Crippen LogP contribution is -2.14. The summed E-state index contributed by atoms with van der Waals surface area (Å²) < 4.78 is 22.3. The smallest absolute Gasteiger partial charge is 0.178 e. The highest BCUT2D eigenvalue weighted by atomic mass is 127. The zero-order chi connectivity index (χ0) is 14.3. The minimum absolute atomic E-state index is 0.192. The van der Waals surface area contributed by atoms with Crippen molar-refractivity contribution in [3.05, 3.63) is 26.3 Å². The second kappa shape index (κ2) is 5.38. The van der Waals surface area contributed by atoms with E-state index in [1.165, 1.54) is 12.8 Å². The Morgan fingerprint density at radius 2 is 2.25 bits per heavy atom. The van der Waals surface area contributed by atoms with Crippen LogP contribution < -0.4 is 0 Å². The molecule has 0 amide bonds. The van der Waals surface area contributed by atoms with Gasteiger partial charge in [0.25, 0.3) is 0 Å². The van der Waals surface area contributed by atoms with Crippen LogP contribution in [0.1, 0.15) is 19.3 Å². The summed E-state index contributed by atoms with van der Waals surface area (Å²) in [6, 6.07) is 3.39. The summed E-state index contributed by atoms with van der Waals surface area (Å²) in [6.45, 7) is 1.61. The summed E-state index contributed by atoms with van der Waals surface area (Å²) in [7, 11) is 1.73. The Bertz CT molecular complexity index is 705. The topological polar surface area (TPSA) is 29.9 Å². The van der Waals surface area contributed by atoms with Crippen LogP contribution >= 0.6 is 34.8 Å². The zero-order valence-electron chi connectivity index (χ0n) is 11.2. The van der Waals surface area contributed by atoms with Gasteiger partial charge in [-0.2, -0.15) is 0 Å². The van der Waals surface area contributed by atoms with Gasteiger partial charge in [-0.3, -0.25) is 0 Å². The number of imidazole rings is 1. The number of nitrogens with one attached hydrogen (secondary N) is 1. The van der Waals surface area contributed by atoms with E-state index in [1.807, 2.05) is 33.2 Å². The highest BCUT2D eigenvalue weighted by molar-refractivity contribution is 14.1. The third-order valence-electron chi connectivity index (χ3n) is 4.10. The van der Waals surface area contributed by atoms with Gasteiger partial charge in [0.2, 0.25) is 0 Å². The maximum Gasteiger partial charge on any atom is 0.178 e. The Morgan fingerprint density at radius 3 is 2.90 bits per heavy atom. The van der Waals surface area contributed by atoms with Crippen molar-refractivity contribution >= 4 is 45.8 Å². The molecular weight excluding hydrogens is 390 g/mol. The van der Waals surface area contributed by atoms with Gasteiger partial charge < -0.3 is 14.3 Å². The van der Waals surface area contributed by atoms with E-state index >= 15 is 0 Å². The summed E-state index contributed by atoms with van der Waals surface area (Å²) in [4.78, 5) is 3.18. The van der Waals surface area contributed by atoms with E-state index in [0.717, 1.165) is 30.6 Å². The fourth-order valence-electron chi connectivity index (χ4n) is 2.63. The molecule has 6 heteroatoms. The van der Waals surface area contributed by atoms with Gasteiger partial charge in [-0.25, -0.2) is 4.39 Å². The van der Waals surface area contributed by atoms with Gasteiger partial charge in [-0.15, -0.1) is 0 Å². The van der Waals surface area contributed by atoms with Crippen LogP contribution in [0.4, 0.5) is 4.39 Å². The largest absolute Gasteiger partial charge is 0.385 e. The normalized spacial score (nSPS) is 16.8. The van der Waals surface area contributed by atoms with Crippen LogP contribution in [0.15, 0.2) is 12.1 Å². The Morgan fingerprint density at radius 1 is 1.50 bits per heavy atom. The van der Waals surface area contributed by atoms with Crippen LogP contribution in [0.3, 0.4) is 0 Å². The molecule has 3 nitrogen and oxygen atoms in total. The van der Waals surface area contributed by atoms with E-state index in [2.05, 4.69) is 4.98 Å². The molecule has 0 saturated heterocycles. The molecule has 1 aliphatic carbocycles. The predicted octanol–water partition coefficient (Wildman–Crippen LogP) is 4.26. The number of methoxy groups -OCH3 is 1. The van der Waals surface area contributed by atoms with Crippen molar-refractivity contribution in [1.29, 1.82) is 0 Å². The molecule has 108 valence electrons.